The summed E-state index contributed by atoms with van der Waals surface area (Å²) in [6, 6.07) is 8.88. The maximum absolute atomic E-state index is 13.3. The first-order chi connectivity index (χ1) is 17.4. The minimum atomic E-state index is -0.603. The number of aliphatic hydroxyl groups is 1. The van der Waals surface area contributed by atoms with Crippen LogP contribution in [-0.4, -0.2) is 102 Å². The van der Waals surface area contributed by atoms with Crippen LogP contribution < -0.4 is 10.6 Å². The Kier molecular flexibility index (Phi) is 7.76. The van der Waals surface area contributed by atoms with Crippen molar-refractivity contribution < 1.29 is 9.90 Å². The second-order valence-corrected chi connectivity index (χ2v) is 11.3. The second-order valence-electron chi connectivity index (χ2n) is 11.3. The minimum Gasteiger partial charge on any atom is -0.390 e. The Bertz CT molecular complexity index is 998. The first-order valence-corrected chi connectivity index (χ1v) is 13.6. The highest BCUT2D eigenvalue weighted by Gasteiger charge is 2.39. The van der Waals surface area contributed by atoms with E-state index in [9.17, 15) is 9.90 Å². The number of aliphatic hydroxyl groups excluding tert-OH is 1. The number of likely N-dealkylation sites (N-methyl/N-ethyl adjacent to an activating group) is 1. The predicted molar refractivity (Wildman–Crippen MR) is 143 cm³/mol. The van der Waals surface area contributed by atoms with E-state index in [-0.39, 0.29) is 18.1 Å². The van der Waals surface area contributed by atoms with Gasteiger partial charge in [0.2, 0.25) is 5.91 Å². The van der Waals surface area contributed by atoms with Gasteiger partial charge < -0.3 is 20.6 Å². The molecule has 1 amide bonds. The molecule has 1 saturated carbocycles. The van der Waals surface area contributed by atoms with Gasteiger partial charge in [-0.1, -0.05) is 24.3 Å². The lowest BCUT2D eigenvalue weighted by molar-refractivity contribution is -0.118. The van der Waals surface area contributed by atoms with Crippen molar-refractivity contribution in [3.8, 4) is 0 Å². The van der Waals surface area contributed by atoms with E-state index in [1.807, 2.05) is 6.08 Å². The number of carbonyl (C=O) groups excluding carboxylic acids is 1. The van der Waals surface area contributed by atoms with Crippen molar-refractivity contribution in [2.75, 3.05) is 52.9 Å². The van der Waals surface area contributed by atoms with Crippen molar-refractivity contribution in [3.63, 3.8) is 0 Å². The van der Waals surface area contributed by atoms with Crippen LogP contribution in [0, 0.1) is 0 Å². The van der Waals surface area contributed by atoms with Crippen LogP contribution in [-0.2, 0) is 17.8 Å². The van der Waals surface area contributed by atoms with E-state index in [1.54, 1.807) is 0 Å². The first-order valence-electron chi connectivity index (χ1n) is 13.6. The molecule has 8 nitrogen and oxygen atoms in total. The number of hydrogen-bond acceptors (Lipinski definition) is 6. The maximum atomic E-state index is 13.3. The maximum Gasteiger partial charge on any atom is 0.247 e. The number of amidine groups is 1. The molecule has 2 atom stereocenters. The van der Waals surface area contributed by atoms with Gasteiger partial charge in [0.15, 0.2) is 0 Å². The number of fused-ring (bicyclic) bond motifs is 1. The number of nitrogens with one attached hydrogen (secondary N) is 2. The number of β-amino-alcohol motifs (C(OH)–C–C–N with tert-alkyl or cyclic N) is 1. The van der Waals surface area contributed by atoms with Crippen molar-refractivity contribution in [2.24, 2.45) is 4.99 Å². The summed E-state index contributed by atoms with van der Waals surface area (Å²) in [5.41, 5.74) is 3.14. The first kappa shape index (κ1) is 25.4. The fourth-order valence-electron chi connectivity index (χ4n) is 5.76. The van der Waals surface area contributed by atoms with Gasteiger partial charge in [-0.3, -0.25) is 19.6 Å². The largest absolute Gasteiger partial charge is 0.390 e. The van der Waals surface area contributed by atoms with Crippen LogP contribution >= 0.6 is 0 Å². The number of hydrogen-bond donors (Lipinski definition) is 3. The molecular weight excluding hydrogens is 452 g/mol. The zero-order valence-electron chi connectivity index (χ0n) is 21.9. The van der Waals surface area contributed by atoms with Crippen LogP contribution in [0.15, 0.2) is 40.9 Å². The van der Waals surface area contributed by atoms with E-state index in [4.69, 9.17) is 4.99 Å². The number of carbonyl (C=O) groups is 1. The van der Waals surface area contributed by atoms with Gasteiger partial charge >= 0.3 is 0 Å². The zero-order valence-corrected chi connectivity index (χ0v) is 21.9. The van der Waals surface area contributed by atoms with Crippen LogP contribution in [0.5, 0.6) is 0 Å². The number of aliphatic imine (C=N–C) groups is 1. The standard InChI is InChI=1S/C28H42N6O2/c1-28(34-14-12-32(2)13-15-34)17-23(16-26(31-28)30-24-8-5-9-24)27(36)29-18-25(35)20-33-11-10-21-6-3-4-7-22(21)19-33/h3-4,6-7,16,24-25,35H,5,8-15,17-20H2,1-2H3,(H,29,36)(H,30,31)/t25-,28?/m0/s1. The summed E-state index contributed by atoms with van der Waals surface area (Å²) in [5, 5.41) is 17.4. The molecule has 1 aromatic rings. The molecule has 5 rings (SSSR count). The summed E-state index contributed by atoms with van der Waals surface area (Å²) in [6.45, 7) is 8.75. The molecular formula is C28H42N6O2. The molecule has 36 heavy (non-hydrogen) atoms. The van der Waals surface area contributed by atoms with Crippen molar-refractivity contribution in [1.29, 1.82) is 0 Å². The third-order valence-corrected chi connectivity index (χ3v) is 8.31. The lowest BCUT2D eigenvalue weighted by atomic mass is 9.92. The molecule has 8 heteroatoms. The Morgan fingerprint density at radius 2 is 1.94 bits per heavy atom. The summed E-state index contributed by atoms with van der Waals surface area (Å²) in [5.74, 6) is 0.728. The Morgan fingerprint density at radius 1 is 1.19 bits per heavy atom. The van der Waals surface area contributed by atoms with Crippen molar-refractivity contribution in [1.82, 2.24) is 25.3 Å². The molecule has 0 bridgehead atoms. The molecule has 1 saturated heterocycles. The van der Waals surface area contributed by atoms with E-state index in [2.05, 4.69) is 63.6 Å². The van der Waals surface area contributed by atoms with Crippen LogP contribution in [0.4, 0.5) is 0 Å². The monoisotopic (exact) mass is 494 g/mol. The van der Waals surface area contributed by atoms with Gasteiger partial charge in [-0.2, -0.15) is 0 Å². The minimum absolute atomic E-state index is 0.0961. The molecule has 2 fully saturated rings. The number of benzene rings is 1. The van der Waals surface area contributed by atoms with E-state index in [0.717, 1.165) is 69.9 Å². The Morgan fingerprint density at radius 3 is 2.67 bits per heavy atom. The van der Waals surface area contributed by atoms with Gasteiger partial charge in [0, 0.05) is 64.4 Å². The molecule has 0 aromatic heterocycles. The lowest BCUT2D eigenvalue weighted by Crippen LogP contribution is -2.64. The molecule has 1 aromatic carbocycles. The Hall–Kier alpha value is -2.26. The normalized spacial score (nSPS) is 28.1. The molecule has 196 valence electrons. The quantitative estimate of drug-likeness (QED) is 0.531. The highest BCUT2D eigenvalue weighted by molar-refractivity contribution is 6.05. The Balaban J connectivity index is 1.20. The molecule has 4 aliphatic rings. The molecule has 0 radical (unpaired) electrons. The summed E-state index contributed by atoms with van der Waals surface area (Å²) < 4.78 is 0. The van der Waals surface area contributed by atoms with Crippen LogP contribution in [0.2, 0.25) is 0 Å². The highest BCUT2D eigenvalue weighted by Crippen LogP contribution is 2.28. The lowest BCUT2D eigenvalue weighted by Gasteiger charge is -2.48. The van der Waals surface area contributed by atoms with E-state index >= 15 is 0 Å². The third-order valence-electron chi connectivity index (χ3n) is 8.31. The zero-order chi connectivity index (χ0) is 25.1. The van der Waals surface area contributed by atoms with Gasteiger partial charge in [-0.05, 0) is 56.9 Å². The van der Waals surface area contributed by atoms with Gasteiger partial charge in [0.1, 0.15) is 5.84 Å². The smallest absolute Gasteiger partial charge is 0.247 e. The van der Waals surface area contributed by atoms with Crippen LogP contribution in [0.25, 0.3) is 0 Å². The van der Waals surface area contributed by atoms with Gasteiger partial charge in [0.25, 0.3) is 0 Å². The molecule has 3 heterocycles. The molecule has 3 N–H and O–H groups in total. The number of amides is 1. The highest BCUT2D eigenvalue weighted by atomic mass is 16.3. The van der Waals surface area contributed by atoms with Gasteiger partial charge in [-0.25, -0.2) is 0 Å². The van der Waals surface area contributed by atoms with E-state index in [0.29, 0.717) is 19.0 Å². The van der Waals surface area contributed by atoms with Crippen molar-refractivity contribution in [2.45, 2.75) is 63.4 Å². The fourth-order valence-corrected chi connectivity index (χ4v) is 5.76. The number of rotatable bonds is 7. The topological polar surface area (TPSA) is 83.4 Å². The molecule has 3 aliphatic heterocycles. The number of piperazine rings is 1. The van der Waals surface area contributed by atoms with E-state index in [1.165, 1.54) is 17.5 Å². The van der Waals surface area contributed by atoms with Crippen LogP contribution in [0.3, 0.4) is 0 Å². The van der Waals surface area contributed by atoms with E-state index < -0.39 is 6.10 Å². The Labute approximate surface area is 215 Å². The predicted octanol–water partition coefficient (Wildman–Crippen LogP) is 1.36. The molecule has 0 spiro atoms. The van der Waals surface area contributed by atoms with Gasteiger partial charge in [-0.15, -0.1) is 0 Å². The van der Waals surface area contributed by atoms with Gasteiger partial charge in [0.05, 0.1) is 17.8 Å². The SMILES string of the molecule is CN1CCN(C2(C)CC(C(=O)NC[C@H](O)CN3CCc4ccccc4C3)=CC(=NC3CCC3)N2)CC1. The summed E-state index contributed by atoms with van der Waals surface area (Å²) in [4.78, 5) is 25.3. The molecule has 1 unspecified atom stereocenters. The fraction of sp³-hybridized carbons (Fsp3) is 0.643. The average Bonchev–Trinajstić information content (AvgIpc) is 2.85. The van der Waals surface area contributed by atoms with Crippen molar-refractivity contribution in [3.05, 3.63) is 47.0 Å². The van der Waals surface area contributed by atoms with Crippen LogP contribution in [0.1, 0.15) is 43.7 Å². The third kappa shape index (κ3) is 5.99. The average molecular weight is 495 g/mol. The summed E-state index contributed by atoms with van der Waals surface area (Å²) in [6.07, 6.45) is 6.43. The molecule has 1 aliphatic carbocycles. The summed E-state index contributed by atoms with van der Waals surface area (Å²) >= 11 is 0. The summed E-state index contributed by atoms with van der Waals surface area (Å²) in [7, 11) is 2.16. The number of nitrogens with zero attached hydrogens (tertiary/aromatic N) is 4. The van der Waals surface area contributed by atoms with Crippen molar-refractivity contribution >= 4 is 11.7 Å². The second kappa shape index (κ2) is 11.0.